The van der Waals surface area contributed by atoms with Gasteiger partial charge in [0.2, 0.25) is 11.1 Å². The van der Waals surface area contributed by atoms with E-state index in [4.69, 9.17) is 14.6 Å². The van der Waals surface area contributed by atoms with Gasteiger partial charge in [-0.15, -0.1) is 10.2 Å². The number of nitrogens with two attached hydrogens (primary N) is 1. The Bertz CT molecular complexity index is 1190. The molecule has 2 amide bonds. The van der Waals surface area contributed by atoms with Crippen LogP contribution in [0.1, 0.15) is 16.8 Å². The number of furan rings is 2. The molecule has 4 aromatic rings. The Balaban J connectivity index is 1.43. The largest absolute Gasteiger partial charge is 0.463 e. The number of primary amides is 1. The summed E-state index contributed by atoms with van der Waals surface area (Å²) in [7, 11) is 0. The summed E-state index contributed by atoms with van der Waals surface area (Å²) in [5.74, 6) is 0.600. The van der Waals surface area contributed by atoms with Crippen molar-refractivity contribution >= 4 is 29.3 Å². The first-order valence-electron chi connectivity index (χ1n) is 9.26. The van der Waals surface area contributed by atoms with Crippen LogP contribution < -0.4 is 11.1 Å². The first-order chi connectivity index (χ1) is 15.1. The molecule has 0 fully saturated rings. The molecule has 3 heterocycles. The molecule has 0 saturated heterocycles. The molecule has 0 atom stereocenters. The monoisotopic (exact) mass is 435 g/mol. The van der Waals surface area contributed by atoms with Gasteiger partial charge in [-0.2, -0.15) is 0 Å². The molecule has 156 valence electrons. The highest BCUT2D eigenvalue weighted by Gasteiger charge is 2.18. The number of benzene rings is 1. The third-order valence-corrected chi connectivity index (χ3v) is 5.04. The van der Waals surface area contributed by atoms with Gasteiger partial charge in [0, 0.05) is 12.2 Å². The summed E-state index contributed by atoms with van der Waals surface area (Å²) in [4.78, 5) is 28.3. The fourth-order valence-electron chi connectivity index (χ4n) is 2.79. The third kappa shape index (κ3) is 4.81. The number of nitrogens with one attached hydrogen (secondary N) is 1. The predicted molar refractivity (Wildman–Crippen MR) is 114 cm³/mol. The Morgan fingerprint density at radius 1 is 0.935 bits per heavy atom. The number of nitrogens with zero attached hydrogens (tertiary/aromatic N) is 3. The number of thioether (sulfide) groups is 1. The highest BCUT2D eigenvalue weighted by molar-refractivity contribution is 7.99. The van der Waals surface area contributed by atoms with Crippen LogP contribution in [0.4, 0.5) is 5.69 Å². The zero-order valence-corrected chi connectivity index (χ0v) is 17.0. The van der Waals surface area contributed by atoms with Gasteiger partial charge in [0.05, 0.1) is 23.8 Å². The molecule has 0 aliphatic carbocycles. The van der Waals surface area contributed by atoms with Gasteiger partial charge in [-0.05, 0) is 36.4 Å². The van der Waals surface area contributed by atoms with Gasteiger partial charge in [-0.3, -0.25) is 9.59 Å². The average Bonchev–Trinajstić information content (AvgIpc) is 3.48. The predicted octanol–water partition coefficient (Wildman–Crippen LogP) is 3.61. The van der Waals surface area contributed by atoms with Crippen LogP contribution in [0.3, 0.4) is 0 Å². The van der Waals surface area contributed by atoms with Crippen molar-refractivity contribution in [3.8, 4) is 22.9 Å². The lowest BCUT2D eigenvalue weighted by atomic mass is 10.1. The molecular formula is C21H17N5O4S. The number of amides is 2. The fourth-order valence-corrected chi connectivity index (χ4v) is 3.52. The van der Waals surface area contributed by atoms with Crippen LogP contribution >= 0.6 is 11.8 Å². The summed E-state index contributed by atoms with van der Waals surface area (Å²) in [6.45, 7) is 0. The van der Waals surface area contributed by atoms with Crippen LogP contribution in [-0.4, -0.2) is 32.7 Å². The van der Waals surface area contributed by atoms with Crippen LogP contribution in [0.5, 0.6) is 0 Å². The summed E-state index contributed by atoms with van der Waals surface area (Å²) in [6, 6.07) is 13.6. The highest BCUT2D eigenvalue weighted by Crippen LogP contribution is 2.30. The lowest BCUT2D eigenvalue weighted by Gasteiger charge is -2.08. The van der Waals surface area contributed by atoms with E-state index in [2.05, 4.69) is 20.5 Å². The van der Waals surface area contributed by atoms with E-state index in [-0.39, 0.29) is 17.9 Å². The Hall–Kier alpha value is -3.92. The van der Waals surface area contributed by atoms with Crippen molar-refractivity contribution in [1.29, 1.82) is 0 Å². The molecule has 10 heteroatoms. The van der Waals surface area contributed by atoms with Crippen molar-refractivity contribution in [1.82, 2.24) is 15.2 Å². The van der Waals surface area contributed by atoms with Gasteiger partial charge in [0.25, 0.3) is 5.91 Å². The first-order valence-corrected chi connectivity index (χ1v) is 10.2. The number of carbonyl (C=O) groups is 2. The minimum atomic E-state index is -0.605. The summed E-state index contributed by atoms with van der Waals surface area (Å²) in [6.07, 6.45) is 3.27. The molecule has 3 aromatic heterocycles. The van der Waals surface area contributed by atoms with E-state index in [0.717, 1.165) is 0 Å². The molecular weight excluding hydrogens is 418 g/mol. The van der Waals surface area contributed by atoms with Gasteiger partial charge < -0.3 is 19.9 Å². The fraction of sp³-hybridized carbons (Fsp3) is 0.0952. The van der Waals surface area contributed by atoms with Crippen LogP contribution in [0.25, 0.3) is 22.9 Å². The molecule has 0 unspecified atom stereocenters. The minimum Gasteiger partial charge on any atom is -0.463 e. The van der Waals surface area contributed by atoms with E-state index in [1.54, 1.807) is 61.1 Å². The van der Waals surface area contributed by atoms with Crippen LogP contribution in [0.2, 0.25) is 0 Å². The molecule has 0 bridgehead atoms. The maximum absolute atomic E-state index is 12.3. The molecule has 0 aliphatic heterocycles. The summed E-state index contributed by atoms with van der Waals surface area (Å²) in [5, 5.41) is 11.5. The molecule has 3 N–H and O–H groups in total. The number of carbonyl (C=O) groups excluding carboxylic acids is 2. The standard InChI is InChI=1S/C21H17N5O4S/c22-20(28)13-5-1-2-6-14(13)23-17(27)9-12-31-21-24-18(15-7-3-10-29-15)19(25-26-21)16-8-4-11-30-16/h1-8,10-11H,9,12H2,(H2,22,28)(H,23,27). The lowest BCUT2D eigenvalue weighted by molar-refractivity contribution is -0.115. The Morgan fingerprint density at radius 2 is 1.65 bits per heavy atom. The topological polar surface area (TPSA) is 137 Å². The second kappa shape index (κ2) is 9.26. The highest BCUT2D eigenvalue weighted by atomic mass is 32.2. The summed E-state index contributed by atoms with van der Waals surface area (Å²) < 4.78 is 10.9. The van der Waals surface area contributed by atoms with Gasteiger partial charge in [-0.1, -0.05) is 23.9 Å². The first kappa shape index (κ1) is 20.4. The van der Waals surface area contributed by atoms with Gasteiger partial charge in [0.15, 0.2) is 17.2 Å². The molecule has 31 heavy (non-hydrogen) atoms. The van der Waals surface area contributed by atoms with Crippen molar-refractivity contribution < 1.29 is 18.4 Å². The normalized spacial score (nSPS) is 10.7. The maximum atomic E-state index is 12.3. The van der Waals surface area contributed by atoms with E-state index in [0.29, 0.717) is 39.5 Å². The maximum Gasteiger partial charge on any atom is 0.250 e. The zero-order valence-electron chi connectivity index (χ0n) is 16.1. The van der Waals surface area contributed by atoms with E-state index >= 15 is 0 Å². The molecule has 0 radical (unpaired) electrons. The van der Waals surface area contributed by atoms with E-state index in [1.807, 2.05) is 0 Å². The third-order valence-electron chi connectivity index (χ3n) is 4.20. The van der Waals surface area contributed by atoms with Crippen molar-refractivity contribution in [3.05, 3.63) is 66.6 Å². The number of hydrogen-bond donors (Lipinski definition) is 2. The van der Waals surface area contributed by atoms with E-state index in [9.17, 15) is 9.59 Å². The molecule has 0 spiro atoms. The quantitative estimate of drug-likeness (QED) is 0.400. The SMILES string of the molecule is NC(=O)c1ccccc1NC(=O)CCSc1nnc(-c2ccco2)c(-c2ccco2)n1. The molecule has 0 aliphatic rings. The minimum absolute atomic E-state index is 0.178. The second-order valence-corrected chi connectivity index (χ2v) is 7.36. The van der Waals surface area contributed by atoms with Gasteiger partial charge >= 0.3 is 0 Å². The number of aromatic nitrogens is 3. The van der Waals surface area contributed by atoms with E-state index < -0.39 is 5.91 Å². The summed E-state index contributed by atoms with van der Waals surface area (Å²) in [5.41, 5.74) is 6.93. The van der Waals surface area contributed by atoms with Crippen molar-refractivity contribution in [2.45, 2.75) is 11.6 Å². The van der Waals surface area contributed by atoms with Crippen LogP contribution in [0, 0.1) is 0 Å². The molecule has 0 saturated carbocycles. The molecule has 1 aromatic carbocycles. The van der Waals surface area contributed by atoms with Crippen molar-refractivity contribution in [2.24, 2.45) is 5.73 Å². The van der Waals surface area contributed by atoms with Gasteiger partial charge in [-0.25, -0.2) is 4.98 Å². The van der Waals surface area contributed by atoms with Gasteiger partial charge in [0.1, 0.15) is 5.69 Å². The van der Waals surface area contributed by atoms with Crippen LogP contribution in [0.15, 0.2) is 75.0 Å². The van der Waals surface area contributed by atoms with Crippen LogP contribution in [-0.2, 0) is 4.79 Å². The smallest absolute Gasteiger partial charge is 0.250 e. The second-order valence-electron chi connectivity index (χ2n) is 6.30. The van der Waals surface area contributed by atoms with Crippen molar-refractivity contribution in [3.63, 3.8) is 0 Å². The van der Waals surface area contributed by atoms with Crippen molar-refractivity contribution in [2.75, 3.05) is 11.1 Å². The average molecular weight is 435 g/mol. The Labute approximate surface area is 181 Å². The number of anilines is 1. The lowest BCUT2D eigenvalue weighted by Crippen LogP contribution is -2.18. The zero-order chi connectivity index (χ0) is 21.6. The molecule has 9 nitrogen and oxygen atoms in total. The number of rotatable bonds is 8. The summed E-state index contributed by atoms with van der Waals surface area (Å²) >= 11 is 1.28. The Morgan fingerprint density at radius 3 is 2.32 bits per heavy atom. The number of para-hydroxylation sites is 1. The van der Waals surface area contributed by atoms with E-state index in [1.165, 1.54) is 11.8 Å². The molecule has 4 rings (SSSR count). The Kier molecular flexibility index (Phi) is 6.08. The number of hydrogen-bond acceptors (Lipinski definition) is 8.